The van der Waals surface area contributed by atoms with Gasteiger partial charge in [-0.15, -0.1) is 0 Å². The van der Waals surface area contributed by atoms with Crippen molar-refractivity contribution in [3.8, 4) is 5.75 Å². The molecule has 1 heterocycles. The predicted molar refractivity (Wildman–Crippen MR) is 84.2 cm³/mol. The number of halogens is 1. The van der Waals surface area contributed by atoms with Gasteiger partial charge in [-0.1, -0.05) is 6.92 Å². The van der Waals surface area contributed by atoms with Crippen LogP contribution >= 0.6 is 15.9 Å². The molecule has 0 atom stereocenters. The number of rotatable bonds is 5. The highest BCUT2D eigenvalue weighted by Gasteiger charge is 2.22. The summed E-state index contributed by atoms with van der Waals surface area (Å²) in [5.74, 6) is 1.03. The third kappa shape index (κ3) is 3.13. The molecule has 0 aliphatic rings. The third-order valence-corrected chi connectivity index (χ3v) is 5.28. The Morgan fingerprint density at radius 1 is 1.33 bits per heavy atom. The zero-order valence-corrected chi connectivity index (χ0v) is 14.5. The molecular formula is C14H17BrN2O3S. The summed E-state index contributed by atoms with van der Waals surface area (Å²) in [6, 6.07) is 4.75. The van der Waals surface area contributed by atoms with Gasteiger partial charge in [0.1, 0.15) is 11.6 Å². The van der Waals surface area contributed by atoms with Gasteiger partial charge in [0.05, 0.1) is 21.7 Å². The second-order valence-electron chi connectivity index (χ2n) is 4.48. The van der Waals surface area contributed by atoms with Gasteiger partial charge in [0.2, 0.25) is 0 Å². The molecule has 0 fully saturated rings. The molecule has 114 valence electrons. The number of aryl methyl sites for hydroxylation is 2. The first-order chi connectivity index (χ1) is 9.90. The van der Waals surface area contributed by atoms with Crippen molar-refractivity contribution >= 4 is 26.0 Å². The van der Waals surface area contributed by atoms with Crippen molar-refractivity contribution in [3.63, 3.8) is 0 Å². The lowest BCUT2D eigenvalue weighted by atomic mass is 10.3. The quantitative estimate of drug-likeness (QED) is 0.808. The number of ether oxygens (including phenoxy) is 1. The maximum atomic E-state index is 12.7. The van der Waals surface area contributed by atoms with E-state index in [1.807, 2.05) is 13.8 Å². The fourth-order valence-corrected chi connectivity index (χ4v) is 3.82. The van der Waals surface area contributed by atoms with E-state index in [1.165, 1.54) is 16.2 Å². The Kier molecular flexibility index (Phi) is 4.73. The molecule has 0 saturated carbocycles. The molecule has 5 nitrogen and oxygen atoms in total. The Balaban J connectivity index is 2.56. The van der Waals surface area contributed by atoms with Crippen LogP contribution in [0.3, 0.4) is 0 Å². The Labute approximate surface area is 133 Å². The highest BCUT2D eigenvalue weighted by Crippen LogP contribution is 2.29. The molecule has 0 saturated heterocycles. The molecule has 2 aromatic rings. The average molecular weight is 373 g/mol. The first-order valence-corrected chi connectivity index (χ1v) is 8.86. The highest BCUT2D eigenvalue weighted by molar-refractivity contribution is 9.10. The van der Waals surface area contributed by atoms with Gasteiger partial charge < -0.3 is 4.74 Å². The Hall–Kier alpha value is -1.34. The minimum atomic E-state index is -3.67. The molecule has 0 N–H and O–H groups in total. The van der Waals surface area contributed by atoms with E-state index in [0.717, 1.165) is 4.47 Å². The van der Waals surface area contributed by atoms with Gasteiger partial charge in [0.25, 0.3) is 10.0 Å². The number of imidazole rings is 1. The molecule has 0 bridgehead atoms. The van der Waals surface area contributed by atoms with Crippen molar-refractivity contribution in [2.24, 2.45) is 0 Å². The average Bonchev–Trinajstić information content (AvgIpc) is 2.83. The monoisotopic (exact) mass is 372 g/mol. The molecule has 0 aliphatic carbocycles. The van der Waals surface area contributed by atoms with Gasteiger partial charge in [0, 0.05) is 18.7 Å². The molecule has 0 aliphatic heterocycles. The largest absolute Gasteiger partial charge is 0.493 e. The Bertz CT molecular complexity index is 754. The van der Waals surface area contributed by atoms with Crippen molar-refractivity contribution in [1.82, 2.24) is 8.96 Å². The topological polar surface area (TPSA) is 61.2 Å². The molecule has 0 unspecified atom stereocenters. The zero-order chi connectivity index (χ0) is 15.6. The summed E-state index contributed by atoms with van der Waals surface area (Å²) in [6.07, 6.45) is 2.08. The number of nitrogens with zero attached hydrogens (tertiary/aromatic N) is 2. The second kappa shape index (κ2) is 6.19. The highest BCUT2D eigenvalue weighted by atomic mass is 79.9. The van der Waals surface area contributed by atoms with Crippen molar-refractivity contribution in [2.45, 2.75) is 32.1 Å². The maximum Gasteiger partial charge on any atom is 0.269 e. The van der Waals surface area contributed by atoms with E-state index in [1.54, 1.807) is 19.1 Å². The van der Waals surface area contributed by atoms with Crippen LogP contribution in [0.15, 0.2) is 33.8 Å². The smallest absolute Gasteiger partial charge is 0.269 e. The fraction of sp³-hybridized carbons (Fsp3) is 0.357. The van der Waals surface area contributed by atoms with Gasteiger partial charge in [0.15, 0.2) is 0 Å². The van der Waals surface area contributed by atoms with E-state index in [9.17, 15) is 8.42 Å². The van der Waals surface area contributed by atoms with Crippen molar-refractivity contribution in [2.75, 3.05) is 6.61 Å². The number of aromatic nitrogens is 2. The molecule has 2 rings (SSSR count). The lowest BCUT2D eigenvalue weighted by Gasteiger charge is -2.11. The van der Waals surface area contributed by atoms with E-state index < -0.39 is 10.0 Å². The number of hydrogen-bond acceptors (Lipinski definition) is 4. The van der Waals surface area contributed by atoms with Crippen LogP contribution in [0.5, 0.6) is 5.75 Å². The molecule has 21 heavy (non-hydrogen) atoms. The van der Waals surface area contributed by atoms with Crippen molar-refractivity contribution in [3.05, 3.63) is 40.4 Å². The van der Waals surface area contributed by atoms with E-state index in [0.29, 0.717) is 30.3 Å². The summed E-state index contributed by atoms with van der Waals surface area (Å²) in [5, 5.41) is 0. The zero-order valence-electron chi connectivity index (χ0n) is 12.1. The second-order valence-corrected chi connectivity index (χ2v) is 7.15. The Morgan fingerprint density at radius 3 is 2.67 bits per heavy atom. The molecule has 0 radical (unpaired) electrons. The SMILES string of the molecule is CCOc1cc(S(=O)(=O)n2cc(C)nc2CC)ccc1Br. The van der Waals surface area contributed by atoms with E-state index in [4.69, 9.17) is 4.74 Å². The molecule has 7 heteroatoms. The van der Waals surface area contributed by atoms with Crippen LogP contribution in [0.1, 0.15) is 25.4 Å². The summed E-state index contributed by atoms with van der Waals surface area (Å²) < 4.78 is 32.9. The van der Waals surface area contributed by atoms with Crippen LogP contribution in [0.4, 0.5) is 0 Å². The molecule has 0 amide bonds. The van der Waals surface area contributed by atoms with Crippen molar-refractivity contribution in [1.29, 1.82) is 0 Å². The fourth-order valence-electron chi connectivity index (χ4n) is 1.99. The van der Waals surface area contributed by atoms with Crippen LogP contribution in [0, 0.1) is 6.92 Å². The molecule has 0 spiro atoms. The molecule has 1 aromatic carbocycles. The number of benzene rings is 1. The van der Waals surface area contributed by atoms with E-state index >= 15 is 0 Å². The molecular weight excluding hydrogens is 356 g/mol. The van der Waals surface area contributed by atoms with Gasteiger partial charge in [-0.05, 0) is 41.9 Å². The van der Waals surface area contributed by atoms with Crippen LogP contribution in [0.2, 0.25) is 0 Å². The lowest BCUT2D eigenvalue weighted by Crippen LogP contribution is -2.15. The summed E-state index contributed by atoms with van der Waals surface area (Å²) in [6.45, 7) is 5.97. The van der Waals surface area contributed by atoms with Crippen LogP contribution in [0.25, 0.3) is 0 Å². The van der Waals surface area contributed by atoms with Gasteiger partial charge in [-0.3, -0.25) is 0 Å². The predicted octanol–water partition coefficient (Wildman–Crippen LogP) is 3.15. The maximum absolute atomic E-state index is 12.7. The summed E-state index contributed by atoms with van der Waals surface area (Å²) in [5.41, 5.74) is 0.678. The lowest BCUT2D eigenvalue weighted by molar-refractivity contribution is 0.337. The first-order valence-electron chi connectivity index (χ1n) is 6.63. The molecule has 1 aromatic heterocycles. The Morgan fingerprint density at radius 2 is 2.05 bits per heavy atom. The van der Waals surface area contributed by atoms with Crippen LogP contribution in [-0.4, -0.2) is 24.0 Å². The van der Waals surface area contributed by atoms with Crippen molar-refractivity contribution < 1.29 is 13.2 Å². The van der Waals surface area contributed by atoms with Gasteiger partial charge in [-0.25, -0.2) is 17.4 Å². The van der Waals surface area contributed by atoms with Crippen LogP contribution < -0.4 is 4.74 Å². The summed E-state index contributed by atoms with van der Waals surface area (Å²) >= 11 is 3.35. The number of hydrogen-bond donors (Lipinski definition) is 0. The summed E-state index contributed by atoms with van der Waals surface area (Å²) in [7, 11) is -3.67. The van der Waals surface area contributed by atoms with Gasteiger partial charge in [-0.2, -0.15) is 0 Å². The minimum Gasteiger partial charge on any atom is -0.493 e. The van der Waals surface area contributed by atoms with Gasteiger partial charge >= 0.3 is 0 Å². The van der Waals surface area contributed by atoms with E-state index in [-0.39, 0.29) is 4.90 Å². The standard InChI is InChI=1S/C14H17BrN2O3S/c1-4-14-16-10(3)9-17(14)21(18,19)11-6-7-12(15)13(8-11)20-5-2/h6-9H,4-5H2,1-3H3. The van der Waals surface area contributed by atoms with Crippen LogP contribution in [-0.2, 0) is 16.4 Å². The third-order valence-electron chi connectivity index (χ3n) is 2.94. The van der Waals surface area contributed by atoms with E-state index in [2.05, 4.69) is 20.9 Å². The normalized spacial score (nSPS) is 11.6. The minimum absolute atomic E-state index is 0.182. The first kappa shape index (κ1) is 16.0. The summed E-state index contributed by atoms with van der Waals surface area (Å²) in [4.78, 5) is 4.42.